The van der Waals surface area contributed by atoms with Gasteiger partial charge in [0.05, 0.1) is 10.9 Å². The van der Waals surface area contributed by atoms with Gasteiger partial charge in [-0.25, -0.2) is 8.42 Å². The maximum Gasteiger partial charge on any atom is 0.155 e. The lowest BCUT2D eigenvalue weighted by Gasteiger charge is -2.30. The smallest absolute Gasteiger partial charge is 0.155 e. The zero-order chi connectivity index (χ0) is 14.3. The van der Waals surface area contributed by atoms with Gasteiger partial charge in [0.25, 0.3) is 0 Å². The van der Waals surface area contributed by atoms with Crippen LogP contribution in [0.5, 0.6) is 0 Å². The molecule has 0 aliphatic heterocycles. The van der Waals surface area contributed by atoms with Crippen LogP contribution in [0.15, 0.2) is 24.3 Å². The molecule has 0 heterocycles. The van der Waals surface area contributed by atoms with E-state index >= 15 is 0 Å². The fourth-order valence-electron chi connectivity index (χ4n) is 2.33. The van der Waals surface area contributed by atoms with Crippen LogP contribution in [0.4, 0.5) is 0 Å². The van der Waals surface area contributed by atoms with Crippen molar-refractivity contribution in [1.82, 2.24) is 0 Å². The van der Waals surface area contributed by atoms with Crippen molar-refractivity contribution in [2.45, 2.75) is 49.9 Å². The predicted molar refractivity (Wildman–Crippen MR) is 76.9 cm³/mol. The summed E-state index contributed by atoms with van der Waals surface area (Å²) in [7, 11) is -3.32. The lowest BCUT2D eigenvalue weighted by atomic mass is 9.79. The fourth-order valence-corrected chi connectivity index (χ4v) is 2.87. The third-order valence-electron chi connectivity index (χ3n) is 4.42. The van der Waals surface area contributed by atoms with Gasteiger partial charge in [-0.05, 0) is 43.7 Å². The summed E-state index contributed by atoms with van der Waals surface area (Å²) in [6.45, 7) is 3.14. The highest BCUT2D eigenvalue weighted by Crippen LogP contribution is 2.38. The van der Waals surface area contributed by atoms with E-state index in [9.17, 15) is 13.5 Å². The number of hydrogen-bond acceptors (Lipinski definition) is 3. The number of aliphatic hydroxyl groups is 1. The lowest BCUT2D eigenvalue weighted by Crippen LogP contribution is -2.37. The second-order valence-corrected chi connectivity index (χ2v) is 8.67. The summed E-state index contributed by atoms with van der Waals surface area (Å²) >= 11 is 0. The van der Waals surface area contributed by atoms with E-state index in [1.807, 2.05) is 12.1 Å². The normalized spacial score (nSPS) is 18.9. The third kappa shape index (κ3) is 2.70. The summed E-state index contributed by atoms with van der Waals surface area (Å²) in [6.07, 6.45) is 3.81. The van der Waals surface area contributed by atoms with Crippen molar-refractivity contribution in [3.8, 4) is 0 Å². The molecule has 2 rings (SSSR count). The van der Waals surface area contributed by atoms with Crippen LogP contribution in [0.3, 0.4) is 0 Å². The maximum atomic E-state index is 11.8. The minimum Gasteiger partial charge on any atom is -0.387 e. The summed E-state index contributed by atoms with van der Waals surface area (Å²) in [5.74, 6) is 0.577. The van der Waals surface area contributed by atoms with Crippen molar-refractivity contribution in [1.29, 1.82) is 0 Å². The molecular weight excluding hydrogens is 260 g/mol. The zero-order valence-electron chi connectivity index (χ0n) is 11.8. The van der Waals surface area contributed by atoms with Crippen molar-refractivity contribution < 1.29 is 13.5 Å². The van der Waals surface area contributed by atoms with Crippen molar-refractivity contribution in [2.75, 3.05) is 6.26 Å². The number of benzene rings is 1. The standard InChI is InChI=1S/C15H22O3S/c1-15(2,19(3,17)18)14(16)13-9-5-8-12(10-13)11-6-4-7-11/h5,8-11,14,16H,4,6-7H2,1-3H3. The SMILES string of the molecule is CC(C)(C(O)c1cccc(C2CCC2)c1)S(C)(=O)=O. The highest BCUT2D eigenvalue weighted by Gasteiger charge is 2.39. The van der Waals surface area contributed by atoms with Gasteiger partial charge < -0.3 is 5.11 Å². The molecule has 1 aliphatic rings. The van der Waals surface area contributed by atoms with Gasteiger partial charge in [0, 0.05) is 6.26 Å². The Hall–Kier alpha value is -0.870. The van der Waals surface area contributed by atoms with Gasteiger partial charge in [0.1, 0.15) is 0 Å². The lowest BCUT2D eigenvalue weighted by molar-refractivity contribution is 0.139. The Morgan fingerprint density at radius 1 is 1.32 bits per heavy atom. The van der Waals surface area contributed by atoms with Crippen molar-refractivity contribution in [3.63, 3.8) is 0 Å². The van der Waals surface area contributed by atoms with Gasteiger partial charge in [-0.3, -0.25) is 0 Å². The molecule has 1 atom stereocenters. The molecule has 3 nitrogen and oxygen atoms in total. The van der Waals surface area contributed by atoms with Crippen LogP contribution >= 0.6 is 0 Å². The van der Waals surface area contributed by atoms with E-state index in [1.165, 1.54) is 31.1 Å². The zero-order valence-corrected chi connectivity index (χ0v) is 12.6. The Morgan fingerprint density at radius 3 is 2.42 bits per heavy atom. The molecule has 1 aromatic carbocycles. The molecule has 1 unspecified atom stereocenters. The molecule has 0 bridgehead atoms. The molecule has 1 aliphatic carbocycles. The molecule has 1 aromatic rings. The van der Waals surface area contributed by atoms with Crippen LogP contribution in [-0.2, 0) is 9.84 Å². The minimum absolute atomic E-state index is 0.577. The van der Waals surface area contributed by atoms with Gasteiger partial charge >= 0.3 is 0 Å². The topological polar surface area (TPSA) is 54.4 Å². The van der Waals surface area contributed by atoms with E-state index in [-0.39, 0.29) is 0 Å². The average Bonchev–Trinajstić information content (AvgIpc) is 2.24. The van der Waals surface area contributed by atoms with Crippen LogP contribution in [-0.4, -0.2) is 24.5 Å². The van der Waals surface area contributed by atoms with Gasteiger partial charge in [0.2, 0.25) is 0 Å². The molecule has 0 radical (unpaired) electrons. The van der Waals surface area contributed by atoms with E-state index in [4.69, 9.17) is 0 Å². The van der Waals surface area contributed by atoms with Crippen LogP contribution in [0.1, 0.15) is 56.3 Å². The van der Waals surface area contributed by atoms with E-state index < -0.39 is 20.7 Å². The van der Waals surface area contributed by atoms with Crippen molar-refractivity contribution >= 4 is 9.84 Å². The fraction of sp³-hybridized carbons (Fsp3) is 0.600. The van der Waals surface area contributed by atoms with Crippen LogP contribution in [0.2, 0.25) is 0 Å². The molecule has 19 heavy (non-hydrogen) atoms. The summed E-state index contributed by atoms with van der Waals surface area (Å²) in [5.41, 5.74) is 1.91. The van der Waals surface area contributed by atoms with E-state index in [1.54, 1.807) is 19.9 Å². The summed E-state index contributed by atoms with van der Waals surface area (Å²) in [5, 5.41) is 10.4. The molecule has 0 saturated heterocycles. The largest absolute Gasteiger partial charge is 0.387 e. The highest BCUT2D eigenvalue weighted by atomic mass is 32.2. The first kappa shape index (κ1) is 14.5. The summed E-state index contributed by atoms with van der Waals surface area (Å²) < 4.78 is 22.4. The molecule has 1 fully saturated rings. The Kier molecular flexibility index (Phi) is 3.76. The molecule has 1 N–H and O–H groups in total. The van der Waals surface area contributed by atoms with Gasteiger partial charge in [-0.1, -0.05) is 30.7 Å². The first-order valence-corrected chi connectivity index (χ1v) is 8.60. The Balaban J connectivity index is 2.31. The maximum absolute atomic E-state index is 11.8. The molecule has 1 saturated carbocycles. The molecule has 0 spiro atoms. The average molecular weight is 282 g/mol. The molecule has 106 valence electrons. The van der Waals surface area contributed by atoms with Crippen molar-refractivity contribution in [2.24, 2.45) is 0 Å². The molecule has 0 aromatic heterocycles. The summed E-state index contributed by atoms with van der Waals surface area (Å²) in [6, 6.07) is 7.74. The quantitative estimate of drug-likeness (QED) is 0.924. The number of aliphatic hydroxyl groups excluding tert-OH is 1. The van der Waals surface area contributed by atoms with Gasteiger partial charge in [-0.15, -0.1) is 0 Å². The van der Waals surface area contributed by atoms with E-state index in [0.717, 1.165) is 0 Å². The molecular formula is C15H22O3S. The minimum atomic E-state index is -3.32. The first-order valence-electron chi connectivity index (χ1n) is 6.71. The first-order chi connectivity index (χ1) is 8.73. The number of sulfone groups is 1. The second-order valence-electron chi connectivity index (χ2n) is 6.08. The van der Waals surface area contributed by atoms with E-state index in [0.29, 0.717) is 11.5 Å². The second kappa shape index (κ2) is 4.91. The number of hydrogen-bond donors (Lipinski definition) is 1. The molecule has 0 amide bonds. The number of rotatable bonds is 4. The van der Waals surface area contributed by atoms with Gasteiger partial charge in [0.15, 0.2) is 9.84 Å². The van der Waals surface area contributed by atoms with Crippen LogP contribution < -0.4 is 0 Å². The Labute approximate surface area is 115 Å². The third-order valence-corrected chi connectivity index (χ3v) is 6.55. The summed E-state index contributed by atoms with van der Waals surface area (Å²) in [4.78, 5) is 0. The van der Waals surface area contributed by atoms with E-state index in [2.05, 4.69) is 6.07 Å². The monoisotopic (exact) mass is 282 g/mol. The molecule has 4 heteroatoms. The Morgan fingerprint density at radius 2 is 1.95 bits per heavy atom. The highest BCUT2D eigenvalue weighted by molar-refractivity contribution is 7.92. The van der Waals surface area contributed by atoms with Crippen LogP contribution in [0, 0.1) is 0 Å². The van der Waals surface area contributed by atoms with Gasteiger partial charge in [-0.2, -0.15) is 0 Å². The van der Waals surface area contributed by atoms with Crippen molar-refractivity contribution in [3.05, 3.63) is 35.4 Å². The van der Waals surface area contributed by atoms with Crippen LogP contribution in [0.25, 0.3) is 0 Å². The Bertz CT molecular complexity index is 557. The predicted octanol–water partition coefficient (Wildman–Crippen LogP) is 2.81.